The molecule has 29 heavy (non-hydrogen) atoms. The molecule has 6 heteroatoms. The second-order valence-corrected chi connectivity index (χ2v) is 7.77. The fourth-order valence-electron chi connectivity index (χ4n) is 3.72. The van der Waals surface area contributed by atoms with Crippen LogP contribution in [0.15, 0.2) is 48.5 Å². The Kier molecular flexibility index (Phi) is 5.22. The Morgan fingerprint density at radius 1 is 0.828 bits per heavy atom. The topological polar surface area (TPSA) is 85.2 Å². The number of hydrogen-bond acceptors (Lipinski definition) is 4. The summed E-state index contributed by atoms with van der Waals surface area (Å²) in [5, 5.41) is 14.6. The highest BCUT2D eigenvalue weighted by Gasteiger charge is 2.56. The fourth-order valence-corrected chi connectivity index (χ4v) is 3.72. The molecule has 1 saturated heterocycles. The summed E-state index contributed by atoms with van der Waals surface area (Å²) in [4.78, 5) is 27.9. The van der Waals surface area contributed by atoms with Crippen LogP contribution in [0.25, 0.3) is 0 Å². The molecule has 1 aliphatic carbocycles. The minimum atomic E-state index is -1.01. The molecule has 0 unspecified atom stereocenters. The number of benzene rings is 2. The Morgan fingerprint density at radius 3 is 1.83 bits per heavy atom. The van der Waals surface area contributed by atoms with Crippen molar-refractivity contribution in [2.75, 3.05) is 28.6 Å². The first-order valence-electron chi connectivity index (χ1n) is 10.1. The van der Waals surface area contributed by atoms with Crippen molar-refractivity contribution in [1.29, 1.82) is 5.26 Å². The molecule has 2 aliphatic rings. The van der Waals surface area contributed by atoms with Gasteiger partial charge in [0.2, 0.25) is 11.8 Å². The molecule has 0 radical (unpaired) electrons. The van der Waals surface area contributed by atoms with Gasteiger partial charge in [0.05, 0.1) is 11.6 Å². The Bertz CT molecular complexity index is 934. The molecule has 0 spiro atoms. The zero-order valence-electron chi connectivity index (χ0n) is 16.3. The van der Waals surface area contributed by atoms with Crippen LogP contribution in [-0.2, 0) is 9.59 Å². The van der Waals surface area contributed by atoms with E-state index in [1.165, 1.54) is 24.9 Å². The largest absolute Gasteiger partial charge is 0.372 e. The molecule has 1 heterocycles. The normalized spacial score (nSPS) is 17.1. The Labute approximate surface area is 170 Å². The van der Waals surface area contributed by atoms with Crippen molar-refractivity contribution in [3.8, 4) is 6.07 Å². The summed E-state index contributed by atoms with van der Waals surface area (Å²) < 4.78 is 0. The van der Waals surface area contributed by atoms with E-state index in [4.69, 9.17) is 5.26 Å². The van der Waals surface area contributed by atoms with E-state index in [0.29, 0.717) is 29.8 Å². The van der Waals surface area contributed by atoms with E-state index in [1.807, 2.05) is 30.3 Å². The van der Waals surface area contributed by atoms with Gasteiger partial charge in [0, 0.05) is 30.2 Å². The summed E-state index contributed by atoms with van der Waals surface area (Å²) >= 11 is 0. The lowest BCUT2D eigenvalue weighted by atomic mass is 10.0. The van der Waals surface area contributed by atoms with Crippen LogP contribution in [0.3, 0.4) is 0 Å². The number of nitrogens with one attached hydrogen (secondary N) is 2. The molecule has 2 aromatic carbocycles. The van der Waals surface area contributed by atoms with Gasteiger partial charge in [0.15, 0.2) is 0 Å². The monoisotopic (exact) mass is 388 g/mol. The second kappa shape index (κ2) is 7.96. The molecular formula is C23H24N4O2. The number of carbonyl (C=O) groups excluding carboxylic acids is 2. The third-order valence-corrected chi connectivity index (χ3v) is 5.74. The van der Waals surface area contributed by atoms with E-state index in [-0.39, 0.29) is 11.8 Å². The zero-order valence-corrected chi connectivity index (χ0v) is 16.3. The highest BCUT2D eigenvalue weighted by atomic mass is 16.2. The molecule has 2 fully saturated rings. The lowest BCUT2D eigenvalue weighted by Gasteiger charge is -2.28. The van der Waals surface area contributed by atoms with Crippen LogP contribution in [0.2, 0.25) is 0 Å². The Hall–Kier alpha value is -3.33. The van der Waals surface area contributed by atoms with Gasteiger partial charge in [0.1, 0.15) is 5.41 Å². The summed E-state index contributed by atoms with van der Waals surface area (Å²) in [7, 11) is 0. The van der Waals surface area contributed by atoms with Crippen molar-refractivity contribution in [3.05, 3.63) is 54.1 Å². The van der Waals surface area contributed by atoms with Gasteiger partial charge in [-0.2, -0.15) is 5.26 Å². The Morgan fingerprint density at radius 2 is 1.34 bits per heavy atom. The van der Waals surface area contributed by atoms with Crippen molar-refractivity contribution in [2.24, 2.45) is 5.41 Å². The maximum Gasteiger partial charge on any atom is 0.240 e. The summed E-state index contributed by atoms with van der Waals surface area (Å²) in [6, 6.07) is 16.5. The summed E-state index contributed by atoms with van der Waals surface area (Å²) in [5.74, 6) is -0.570. The lowest BCUT2D eigenvalue weighted by molar-refractivity contribution is -0.131. The maximum absolute atomic E-state index is 12.8. The van der Waals surface area contributed by atoms with Gasteiger partial charge in [-0.05, 0) is 80.6 Å². The lowest BCUT2D eigenvalue weighted by Crippen LogP contribution is -2.35. The fraction of sp³-hybridized carbons (Fsp3) is 0.348. The van der Waals surface area contributed by atoms with E-state index >= 15 is 0 Å². The number of carbonyl (C=O) groups is 2. The van der Waals surface area contributed by atoms with Crippen molar-refractivity contribution in [1.82, 2.24) is 0 Å². The smallest absolute Gasteiger partial charge is 0.240 e. The number of nitriles is 1. The van der Waals surface area contributed by atoms with Crippen molar-refractivity contribution in [3.63, 3.8) is 0 Å². The van der Waals surface area contributed by atoms with Crippen LogP contribution in [0.5, 0.6) is 0 Å². The van der Waals surface area contributed by atoms with Gasteiger partial charge < -0.3 is 15.5 Å². The van der Waals surface area contributed by atoms with Gasteiger partial charge in [0.25, 0.3) is 0 Å². The minimum Gasteiger partial charge on any atom is -0.372 e. The third-order valence-electron chi connectivity index (χ3n) is 5.74. The number of hydrogen-bond donors (Lipinski definition) is 2. The first kappa shape index (κ1) is 19.0. The van der Waals surface area contributed by atoms with E-state index in [1.54, 1.807) is 24.3 Å². The maximum atomic E-state index is 12.8. The summed E-state index contributed by atoms with van der Waals surface area (Å²) in [5.41, 5.74) is 1.96. The average Bonchev–Trinajstić information content (AvgIpc) is 3.58. The standard InChI is InChI=1S/C23H24N4O2/c24-16-17-4-6-18(7-5-17)25-21(28)23(12-13-23)22(29)26-19-8-10-20(11-9-19)27-14-2-1-3-15-27/h4-11H,1-3,12-15H2,(H,25,28)(H,26,29). The quantitative estimate of drug-likeness (QED) is 0.761. The molecule has 2 amide bonds. The molecule has 4 rings (SSSR count). The predicted molar refractivity (Wildman–Crippen MR) is 113 cm³/mol. The average molecular weight is 388 g/mol. The highest BCUT2D eigenvalue weighted by Crippen LogP contribution is 2.47. The predicted octanol–water partition coefficient (Wildman–Crippen LogP) is 3.91. The molecule has 1 aliphatic heterocycles. The van der Waals surface area contributed by atoms with Crippen molar-refractivity contribution < 1.29 is 9.59 Å². The number of anilines is 3. The minimum absolute atomic E-state index is 0.269. The van der Waals surface area contributed by atoms with Crippen LogP contribution in [0, 0.1) is 16.7 Å². The van der Waals surface area contributed by atoms with Crippen LogP contribution in [-0.4, -0.2) is 24.9 Å². The van der Waals surface area contributed by atoms with E-state index in [2.05, 4.69) is 15.5 Å². The highest BCUT2D eigenvalue weighted by molar-refractivity contribution is 6.16. The molecule has 148 valence electrons. The van der Waals surface area contributed by atoms with E-state index in [0.717, 1.165) is 13.1 Å². The van der Waals surface area contributed by atoms with E-state index < -0.39 is 5.41 Å². The van der Waals surface area contributed by atoms with E-state index in [9.17, 15) is 9.59 Å². The first-order chi connectivity index (χ1) is 14.1. The van der Waals surface area contributed by atoms with Crippen LogP contribution in [0.1, 0.15) is 37.7 Å². The molecule has 0 aromatic heterocycles. The summed E-state index contributed by atoms with van der Waals surface area (Å²) in [6.07, 6.45) is 4.79. The molecule has 0 bridgehead atoms. The number of nitrogens with zero attached hydrogens (tertiary/aromatic N) is 2. The molecular weight excluding hydrogens is 364 g/mol. The van der Waals surface area contributed by atoms with Crippen molar-refractivity contribution >= 4 is 28.9 Å². The zero-order chi connectivity index (χ0) is 20.3. The SMILES string of the molecule is N#Cc1ccc(NC(=O)C2(C(=O)Nc3ccc(N4CCCCC4)cc3)CC2)cc1. The molecule has 2 N–H and O–H groups in total. The number of rotatable bonds is 5. The van der Waals surface area contributed by atoms with Crippen LogP contribution < -0.4 is 15.5 Å². The number of amides is 2. The molecule has 1 saturated carbocycles. The van der Waals surface area contributed by atoms with Gasteiger partial charge >= 0.3 is 0 Å². The van der Waals surface area contributed by atoms with Gasteiger partial charge in [-0.3, -0.25) is 9.59 Å². The van der Waals surface area contributed by atoms with Gasteiger partial charge in [-0.15, -0.1) is 0 Å². The van der Waals surface area contributed by atoms with Gasteiger partial charge in [-0.1, -0.05) is 0 Å². The summed E-state index contributed by atoms with van der Waals surface area (Å²) in [6.45, 7) is 2.15. The van der Waals surface area contributed by atoms with Crippen molar-refractivity contribution in [2.45, 2.75) is 32.1 Å². The molecule has 6 nitrogen and oxygen atoms in total. The van der Waals surface area contributed by atoms with Gasteiger partial charge in [-0.25, -0.2) is 0 Å². The molecule has 2 aromatic rings. The third kappa shape index (κ3) is 4.09. The number of piperidine rings is 1. The van der Waals surface area contributed by atoms with Crippen LogP contribution >= 0.6 is 0 Å². The molecule has 0 atom stereocenters. The Balaban J connectivity index is 1.38. The second-order valence-electron chi connectivity index (χ2n) is 7.77. The first-order valence-corrected chi connectivity index (χ1v) is 10.1. The van der Waals surface area contributed by atoms with Crippen LogP contribution in [0.4, 0.5) is 17.1 Å².